The number of amides is 2. The minimum atomic E-state index is -0.330. The third kappa shape index (κ3) is 6.10. The monoisotopic (exact) mass is 350 g/mol. The molecule has 1 aromatic rings. The summed E-state index contributed by atoms with van der Waals surface area (Å²) in [5.41, 5.74) is 0.585. The van der Waals surface area contributed by atoms with Crippen LogP contribution in [0.5, 0.6) is 0 Å². The highest BCUT2D eigenvalue weighted by molar-refractivity contribution is 5.94. The number of hydrogen-bond acceptors (Lipinski definition) is 4. The molecule has 7 heteroatoms. The fraction of sp³-hybridized carbons (Fsp3) is 0.556. The molecule has 1 aliphatic rings. The van der Waals surface area contributed by atoms with Gasteiger partial charge >= 0.3 is 0 Å². The van der Waals surface area contributed by atoms with Crippen molar-refractivity contribution >= 4 is 17.5 Å². The lowest BCUT2D eigenvalue weighted by atomic mass is 10.2. The number of anilines is 1. The van der Waals surface area contributed by atoms with Crippen molar-refractivity contribution in [2.45, 2.75) is 32.9 Å². The molecule has 25 heavy (non-hydrogen) atoms. The van der Waals surface area contributed by atoms with E-state index in [-0.39, 0.29) is 29.7 Å². The lowest BCUT2D eigenvalue weighted by Gasteiger charge is -2.37. The molecule has 2 amide bonds. The summed E-state index contributed by atoms with van der Waals surface area (Å²) in [6, 6.07) is 5.60. The Bertz CT molecular complexity index is 583. The van der Waals surface area contributed by atoms with Crippen LogP contribution in [-0.2, 0) is 9.59 Å². The first-order chi connectivity index (χ1) is 11.8. The van der Waals surface area contributed by atoms with Crippen LogP contribution in [0.4, 0.5) is 10.1 Å². The number of nitrogens with one attached hydrogen (secondary N) is 2. The minimum absolute atomic E-state index is 0.0329. The van der Waals surface area contributed by atoms with Crippen LogP contribution in [0.25, 0.3) is 0 Å². The fourth-order valence-corrected chi connectivity index (χ4v) is 2.83. The summed E-state index contributed by atoms with van der Waals surface area (Å²) in [5.74, 6) is -0.410. The van der Waals surface area contributed by atoms with E-state index in [1.54, 1.807) is 12.1 Å². The Hall–Kier alpha value is -1.99. The van der Waals surface area contributed by atoms with Crippen LogP contribution >= 0.6 is 0 Å². The molecule has 138 valence electrons. The molecular weight excluding hydrogens is 323 g/mol. The zero-order valence-corrected chi connectivity index (χ0v) is 15.1. The predicted octanol–water partition coefficient (Wildman–Crippen LogP) is 1.29. The van der Waals surface area contributed by atoms with Gasteiger partial charge in [0.2, 0.25) is 11.8 Å². The van der Waals surface area contributed by atoms with Gasteiger partial charge in [-0.15, -0.1) is 0 Å². The maximum Gasteiger partial charge on any atom is 0.241 e. The van der Waals surface area contributed by atoms with Crippen molar-refractivity contribution in [3.05, 3.63) is 30.1 Å². The third-order valence-corrected chi connectivity index (χ3v) is 4.26. The Labute approximate surface area is 148 Å². The van der Waals surface area contributed by atoms with Crippen molar-refractivity contribution in [1.29, 1.82) is 0 Å². The Morgan fingerprint density at radius 3 is 2.24 bits per heavy atom. The van der Waals surface area contributed by atoms with E-state index in [1.165, 1.54) is 12.1 Å². The summed E-state index contributed by atoms with van der Waals surface area (Å²) in [4.78, 5) is 28.4. The van der Waals surface area contributed by atoms with E-state index in [1.807, 2.05) is 20.8 Å². The molecule has 1 aromatic carbocycles. The third-order valence-electron chi connectivity index (χ3n) is 4.26. The number of rotatable bonds is 6. The predicted molar refractivity (Wildman–Crippen MR) is 95.8 cm³/mol. The fourth-order valence-electron chi connectivity index (χ4n) is 2.83. The lowest BCUT2D eigenvalue weighted by molar-refractivity contribution is -0.125. The van der Waals surface area contributed by atoms with E-state index in [4.69, 9.17) is 0 Å². The van der Waals surface area contributed by atoms with Crippen molar-refractivity contribution in [1.82, 2.24) is 15.1 Å². The molecule has 0 aromatic heterocycles. The standard InChI is InChI=1S/C18H27FN4O2/c1-13(2)20-17(24)12-22-8-10-23(11-9-22)14(3)18(25)21-16-6-4-15(19)5-7-16/h4-7,13-14H,8-12H2,1-3H3,(H,20,24)(H,21,25)/t14-/m0/s1. The van der Waals surface area contributed by atoms with Gasteiger partial charge in [0.15, 0.2) is 0 Å². The number of halogens is 1. The molecule has 0 spiro atoms. The van der Waals surface area contributed by atoms with Gasteiger partial charge in [0.1, 0.15) is 5.82 Å². The van der Waals surface area contributed by atoms with Gasteiger partial charge in [0.05, 0.1) is 12.6 Å². The molecule has 0 aliphatic carbocycles. The molecule has 0 saturated carbocycles. The average Bonchev–Trinajstić information content (AvgIpc) is 2.56. The number of carbonyl (C=O) groups excluding carboxylic acids is 2. The van der Waals surface area contributed by atoms with Gasteiger partial charge in [-0.3, -0.25) is 19.4 Å². The van der Waals surface area contributed by atoms with E-state index < -0.39 is 0 Å². The van der Waals surface area contributed by atoms with Gasteiger partial charge < -0.3 is 10.6 Å². The second-order valence-corrected chi connectivity index (χ2v) is 6.71. The van der Waals surface area contributed by atoms with Crippen molar-refractivity contribution < 1.29 is 14.0 Å². The van der Waals surface area contributed by atoms with E-state index in [0.717, 1.165) is 26.2 Å². The molecule has 1 fully saturated rings. The molecule has 2 rings (SSSR count). The van der Waals surface area contributed by atoms with Gasteiger partial charge in [0.25, 0.3) is 0 Å². The topological polar surface area (TPSA) is 64.7 Å². The first kappa shape index (κ1) is 19.3. The molecule has 1 heterocycles. The Morgan fingerprint density at radius 2 is 1.68 bits per heavy atom. The van der Waals surface area contributed by atoms with Gasteiger partial charge in [-0.25, -0.2) is 4.39 Å². The molecule has 1 aliphatic heterocycles. The molecule has 0 bridgehead atoms. The summed E-state index contributed by atoms with van der Waals surface area (Å²) in [6.45, 7) is 9.09. The number of piperazine rings is 1. The van der Waals surface area contributed by atoms with Crippen molar-refractivity contribution in [3.63, 3.8) is 0 Å². The van der Waals surface area contributed by atoms with Gasteiger partial charge in [-0.2, -0.15) is 0 Å². The lowest BCUT2D eigenvalue weighted by Crippen LogP contribution is -2.54. The number of benzene rings is 1. The smallest absolute Gasteiger partial charge is 0.241 e. The molecule has 0 radical (unpaired) electrons. The number of carbonyl (C=O) groups is 2. The van der Waals surface area contributed by atoms with Crippen LogP contribution in [-0.4, -0.2) is 66.4 Å². The quantitative estimate of drug-likeness (QED) is 0.812. The van der Waals surface area contributed by atoms with Crippen LogP contribution < -0.4 is 10.6 Å². The Morgan fingerprint density at radius 1 is 1.08 bits per heavy atom. The molecule has 1 saturated heterocycles. The van der Waals surface area contributed by atoms with Crippen LogP contribution in [0.2, 0.25) is 0 Å². The van der Waals surface area contributed by atoms with Crippen molar-refractivity contribution in [2.75, 3.05) is 38.0 Å². The van der Waals surface area contributed by atoms with Gasteiger partial charge in [-0.05, 0) is 45.0 Å². The first-order valence-corrected chi connectivity index (χ1v) is 8.67. The highest BCUT2D eigenvalue weighted by atomic mass is 19.1. The van der Waals surface area contributed by atoms with Crippen molar-refractivity contribution in [3.8, 4) is 0 Å². The Balaban J connectivity index is 1.78. The summed E-state index contributed by atoms with van der Waals surface area (Å²) in [7, 11) is 0. The summed E-state index contributed by atoms with van der Waals surface area (Å²) in [6.07, 6.45) is 0. The summed E-state index contributed by atoms with van der Waals surface area (Å²) >= 11 is 0. The Kier molecular flexibility index (Phi) is 6.90. The van der Waals surface area contributed by atoms with Crippen LogP contribution in [0.15, 0.2) is 24.3 Å². The molecule has 0 unspecified atom stereocenters. The largest absolute Gasteiger partial charge is 0.353 e. The second kappa shape index (κ2) is 8.92. The zero-order valence-electron chi connectivity index (χ0n) is 15.1. The van der Waals surface area contributed by atoms with Crippen LogP contribution in [0.3, 0.4) is 0 Å². The van der Waals surface area contributed by atoms with E-state index >= 15 is 0 Å². The normalized spacial score (nSPS) is 17.3. The van der Waals surface area contributed by atoms with E-state index in [0.29, 0.717) is 12.2 Å². The summed E-state index contributed by atoms with van der Waals surface area (Å²) in [5, 5.41) is 5.69. The van der Waals surface area contributed by atoms with Crippen LogP contribution in [0.1, 0.15) is 20.8 Å². The minimum Gasteiger partial charge on any atom is -0.353 e. The van der Waals surface area contributed by atoms with Gasteiger partial charge in [-0.1, -0.05) is 0 Å². The summed E-state index contributed by atoms with van der Waals surface area (Å²) < 4.78 is 12.9. The van der Waals surface area contributed by atoms with Gasteiger partial charge in [0, 0.05) is 37.9 Å². The molecule has 6 nitrogen and oxygen atoms in total. The highest BCUT2D eigenvalue weighted by Crippen LogP contribution is 2.12. The van der Waals surface area contributed by atoms with E-state index in [2.05, 4.69) is 20.4 Å². The van der Waals surface area contributed by atoms with E-state index in [9.17, 15) is 14.0 Å². The van der Waals surface area contributed by atoms with Crippen molar-refractivity contribution in [2.24, 2.45) is 0 Å². The molecule has 1 atom stereocenters. The zero-order chi connectivity index (χ0) is 18.4. The molecule has 2 N–H and O–H groups in total. The second-order valence-electron chi connectivity index (χ2n) is 6.71. The first-order valence-electron chi connectivity index (χ1n) is 8.67. The maximum atomic E-state index is 12.9. The number of hydrogen-bond donors (Lipinski definition) is 2. The average molecular weight is 350 g/mol. The van der Waals surface area contributed by atoms with Crippen LogP contribution in [0, 0.1) is 5.82 Å². The number of nitrogens with zero attached hydrogens (tertiary/aromatic N) is 2. The molecular formula is C18H27FN4O2. The SMILES string of the molecule is CC(C)NC(=O)CN1CCN([C@@H](C)C(=O)Nc2ccc(F)cc2)CC1. The maximum absolute atomic E-state index is 12.9. The highest BCUT2D eigenvalue weighted by Gasteiger charge is 2.26.